The summed E-state index contributed by atoms with van der Waals surface area (Å²) in [7, 11) is 0. The van der Waals surface area contributed by atoms with Crippen molar-refractivity contribution in [3.63, 3.8) is 0 Å². The van der Waals surface area contributed by atoms with E-state index in [1.54, 1.807) is 6.92 Å². The first-order chi connectivity index (χ1) is 6.00. The molecule has 0 aliphatic rings. The fourth-order valence-electron chi connectivity index (χ4n) is 1.19. The quantitative estimate of drug-likeness (QED) is 0.554. The second-order valence-corrected chi connectivity index (χ2v) is 3.19. The summed E-state index contributed by atoms with van der Waals surface area (Å²) in [6, 6.07) is 0. The van der Waals surface area contributed by atoms with E-state index in [0.717, 1.165) is 0 Å². The molecule has 1 nitrogen and oxygen atoms in total. The average Bonchev–Trinajstić information content (AvgIpc) is 2.13. The van der Waals surface area contributed by atoms with E-state index in [-0.39, 0.29) is 21.8 Å². The lowest BCUT2D eigenvalue weighted by molar-refractivity contribution is 0.495. The molecule has 72 valence electrons. The highest BCUT2D eigenvalue weighted by Gasteiger charge is 2.17. The van der Waals surface area contributed by atoms with E-state index < -0.39 is 11.6 Å². The van der Waals surface area contributed by atoms with Gasteiger partial charge in [-0.15, -0.1) is 0 Å². The lowest BCUT2D eigenvalue weighted by Gasteiger charge is -2.10. The third kappa shape index (κ3) is 1.48. The fourth-order valence-corrected chi connectivity index (χ4v) is 1.39. The second-order valence-electron chi connectivity index (χ2n) is 2.81. The fraction of sp³-hybridized carbons (Fsp3) is 0.333. The van der Waals surface area contributed by atoms with E-state index in [1.165, 1.54) is 6.92 Å². The van der Waals surface area contributed by atoms with Gasteiger partial charge < -0.3 is 5.73 Å². The summed E-state index contributed by atoms with van der Waals surface area (Å²) in [4.78, 5) is 0. The average molecular weight is 206 g/mol. The highest BCUT2D eigenvalue weighted by Crippen LogP contribution is 2.31. The van der Waals surface area contributed by atoms with E-state index in [9.17, 15) is 8.78 Å². The molecule has 4 heteroatoms. The van der Waals surface area contributed by atoms with Gasteiger partial charge in [-0.3, -0.25) is 0 Å². The van der Waals surface area contributed by atoms with E-state index in [4.69, 9.17) is 17.3 Å². The molecular formula is C9H10ClF2N. The summed E-state index contributed by atoms with van der Waals surface area (Å²) in [5, 5.41) is 0.107. The number of hydrogen-bond acceptors (Lipinski definition) is 1. The summed E-state index contributed by atoms with van der Waals surface area (Å²) < 4.78 is 26.3. The van der Waals surface area contributed by atoms with Crippen LogP contribution in [0, 0.1) is 18.6 Å². The Morgan fingerprint density at radius 2 is 1.85 bits per heavy atom. The molecular weight excluding hydrogens is 196 g/mol. The van der Waals surface area contributed by atoms with Gasteiger partial charge in [-0.2, -0.15) is 0 Å². The van der Waals surface area contributed by atoms with Gasteiger partial charge in [0.05, 0.1) is 10.7 Å². The Hall–Kier alpha value is -0.830. The lowest BCUT2D eigenvalue weighted by atomic mass is 10.1. The molecule has 0 heterocycles. The monoisotopic (exact) mass is 205 g/mol. The van der Waals surface area contributed by atoms with E-state index in [0.29, 0.717) is 6.42 Å². The molecule has 0 amide bonds. The summed E-state index contributed by atoms with van der Waals surface area (Å²) in [5.41, 5.74) is 5.87. The molecule has 2 N–H and O–H groups in total. The van der Waals surface area contributed by atoms with Gasteiger partial charge in [0.2, 0.25) is 0 Å². The van der Waals surface area contributed by atoms with Crippen molar-refractivity contribution in [1.29, 1.82) is 0 Å². The van der Waals surface area contributed by atoms with Crippen molar-refractivity contribution in [2.45, 2.75) is 20.3 Å². The third-order valence-electron chi connectivity index (χ3n) is 2.03. The molecule has 0 radical (unpaired) electrons. The van der Waals surface area contributed by atoms with E-state index >= 15 is 0 Å². The molecule has 1 aromatic rings. The van der Waals surface area contributed by atoms with Crippen LogP contribution in [-0.2, 0) is 6.42 Å². The van der Waals surface area contributed by atoms with Crippen LogP contribution in [-0.4, -0.2) is 0 Å². The van der Waals surface area contributed by atoms with Gasteiger partial charge in [-0.1, -0.05) is 18.5 Å². The largest absolute Gasteiger partial charge is 0.397 e. The summed E-state index contributed by atoms with van der Waals surface area (Å²) in [5.74, 6) is -1.79. The van der Waals surface area contributed by atoms with Gasteiger partial charge in [0, 0.05) is 11.1 Å². The smallest absolute Gasteiger partial charge is 0.164 e. The highest BCUT2D eigenvalue weighted by atomic mass is 35.5. The molecule has 0 atom stereocenters. The molecule has 13 heavy (non-hydrogen) atoms. The van der Waals surface area contributed by atoms with Gasteiger partial charge in [0.25, 0.3) is 0 Å². The number of nitrogen functional groups attached to an aromatic ring is 1. The maximum Gasteiger partial charge on any atom is 0.164 e. The van der Waals surface area contributed by atoms with Gasteiger partial charge in [0.15, 0.2) is 11.6 Å². The van der Waals surface area contributed by atoms with Crippen LogP contribution >= 0.6 is 11.6 Å². The molecule has 0 aliphatic carbocycles. The summed E-state index contributed by atoms with van der Waals surface area (Å²) in [6.07, 6.45) is 0.328. The maximum atomic E-state index is 13.2. The number of hydrogen-bond donors (Lipinski definition) is 1. The van der Waals surface area contributed by atoms with Crippen LogP contribution in [0.5, 0.6) is 0 Å². The van der Waals surface area contributed by atoms with Crippen LogP contribution in [0.4, 0.5) is 14.5 Å². The Labute approximate surface area is 80.5 Å². The van der Waals surface area contributed by atoms with Crippen LogP contribution in [0.15, 0.2) is 0 Å². The van der Waals surface area contributed by atoms with Crippen LogP contribution in [0.3, 0.4) is 0 Å². The molecule has 0 aromatic heterocycles. The molecule has 0 unspecified atom stereocenters. The Morgan fingerprint density at radius 1 is 1.31 bits per heavy atom. The van der Waals surface area contributed by atoms with Crippen LogP contribution in [0.25, 0.3) is 0 Å². The van der Waals surface area contributed by atoms with Crippen molar-refractivity contribution in [3.8, 4) is 0 Å². The second kappa shape index (κ2) is 3.50. The minimum atomic E-state index is -0.906. The molecule has 1 aromatic carbocycles. The zero-order chi connectivity index (χ0) is 10.2. The van der Waals surface area contributed by atoms with Crippen molar-refractivity contribution in [3.05, 3.63) is 27.8 Å². The molecule has 0 saturated heterocycles. The van der Waals surface area contributed by atoms with Crippen LogP contribution in [0.1, 0.15) is 18.1 Å². The van der Waals surface area contributed by atoms with Crippen LogP contribution < -0.4 is 5.73 Å². The SMILES string of the molecule is CCc1c(N)c(Cl)c(C)c(F)c1F. The first-order valence-corrected chi connectivity index (χ1v) is 4.29. The Bertz CT molecular complexity index is 321. The van der Waals surface area contributed by atoms with Crippen molar-refractivity contribution < 1.29 is 8.78 Å². The van der Waals surface area contributed by atoms with Crippen molar-refractivity contribution in [2.75, 3.05) is 5.73 Å². The molecule has 0 aliphatic heterocycles. The molecule has 1 rings (SSSR count). The van der Waals surface area contributed by atoms with E-state index in [1.807, 2.05) is 0 Å². The number of nitrogens with two attached hydrogens (primary N) is 1. The Kier molecular flexibility index (Phi) is 2.76. The maximum absolute atomic E-state index is 13.2. The van der Waals surface area contributed by atoms with Crippen molar-refractivity contribution in [1.82, 2.24) is 0 Å². The Morgan fingerprint density at radius 3 is 2.31 bits per heavy atom. The predicted molar refractivity (Wildman–Crippen MR) is 49.9 cm³/mol. The van der Waals surface area contributed by atoms with Crippen molar-refractivity contribution >= 4 is 17.3 Å². The molecule has 0 saturated carbocycles. The van der Waals surface area contributed by atoms with Crippen LogP contribution in [0.2, 0.25) is 5.02 Å². The molecule has 0 bridgehead atoms. The number of benzene rings is 1. The zero-order valence-corrected chi connectivity index (χ0v) is 8.17. The minimum absolute atomic E-state index is 0.0638. The first kappa shape index (κ1) is 10.3. The van der Waals surface area contributed by atoms with Gasteiger partial charge in [-0.25, -0.2) is 8.78 Å². The topological polar surface area (TPSA) is 26.0 Å². The summed E-state index contributed by atoms with van der Waals surface area (Å²) in [6.45, 7) is 3.09. The third-order valence-corrected chi connectivity index (χ3v) is 2.52. The normalized spacial score (nSPS) is 10.5. The summed E-state index contributed by atoms with van der Waals surface area (Å²) >= 11 is 5.71. The predicted octanol–water partition coefficient (Wildman–Crippen LogP) is 3.07. The highest BCUT2D eigenvalue weighted by molar-refractivity contribution is 6.34. The number of halogens is 3. The number of rotatable bonds is 1. The van der Waals surface area contributed by atoms with Gasteiger partial charge >= 0.3 is 0 Å². The zero-order valence-electron chi connectivity index (χ0n) is 7.42. The first-order valence-electron chi connectivity index (χ1n) is 3.92. The van der Waals surface area contributed by atoms with Gasteiger partial charge in [-0.05, 0) is 13.3 Å². The Balaban J connectivity index is 3.56. The molecule has 0 spiro atoms. The van der Waals surface area contributed by atoms with E-state index in [2.05, 4.69) is 0 Å². The molecule has 0 fully saturated rings. The van der Waals surface area contributed by atoms with Gasteiger partial charge in [0.1, 0.15) is 0 Å². The van der Waals surface area contributed by atoms with Crippen molar-refractivity contribution in [2.24, 2.45) is 0 Å². The standard InChI is InChI=1S/C9H10ClF2N/c1-3-5-8(12)7(11)4(2)6(10)9(5)13/h3,13H2,1-2H3. The number of anilines is 1. The lowest BCUT2D eigenvalue weighted by Crippen LogP contribution is -2.03. The minimum Gasteiger partial charge on any atom is -0.397 e.